The van der Waals surface area contributed by atoms with E-state index in [1.54, 1.807) is 19.5 Å². The Labute approximate surface area is 116 Å². The van der Waals surface area contributed by atoms with Crippen molar-refractivity contribution < 1.29 is 9.53 Å². The molecule has 0 fully saturated rings. The van der Waals surface area contributed by atoms with Gasteiger partial charge in [-0.1, -0.05) is 0 Å². The predicted octanol–water partition coefficient (Wildman–Crippen LogP) is -0.00268. The number of amides is 1. The summed E-state index contributed by atoms with van der Waals surface area (Å²) < 4.78 is 6.70. The van der Waals surface area contributed by atoms with Crippen LogP contribution >= 0.6 is 0 Å². The van der Waals surface area contributed by atoms with Crippen LogP contribution in [0.4, 0.5) is 5.82 Å². The van der Waals surface area contributed by atoms with E-state index in [1.165, 1.54) is 0 Å². The number of aromatic nitrogens is 4. The zero-order valence-corrected chi connectivity index (χ0v) is 11.6. The molecule has 1 amide bonds. The molecule has 0 spiro atoms. The highest BCUT2D eigenvalue weighted by Gasteiger charge is 2.07. The van der Waals surface area contributed by atoms with E-state index in [9.17, 15) is 4.79 Å². The summed E-state index contributed by atoms with van der Waals surface area (Å²) in [7, 11) is 1.60. The lowest BCUT2D eigenvalue weighted by atomic mass is 10.4. The van der Waals surface area contributed by atoms with Crippen LogP contribution in [0.25, 0.3) is 5.65 Å². The van der Waals surface area contributed by atoms with Gasteiger partial charge in [-0.05, 0) is 6.92 Å². The van der Waals surface area contributed by atoms with Crippen LogP contribution in [0, 0.1) is 6.92 Å². The number of fused-ring (bicyclic) bond motifs is 1. The molecule has 0 saturated heterocycles. The Bertz CT molecular complexity index is 582. The Kier molecular flexibility index (Phi) is 4.83. The topological polar surface area (TPSA) is 93.4 Å². The van der Waals surface area contributed by atoms with Crippen molar-refractivity contribution in [1.29, 1.82) is 0 Å². The van der Waals surface area contributed by atoms with Crippen LogP contribution < -0.4 is 10.6 Å². The lowest BCUT2D eigenvalue weighted by Crippen LogP contribution is -2.28. The number of hydrogen-bond acceptors (Lipinski definition) is 6. The molecule has 2 heterocycles. The molecular weight excluding hydrogens is 260 g/mol. The molecule has 2 N–H and O–H groups in total. The molecule has 0 aromatic carbocycles. The largest absolute Gasteiger partial charge is 0.383 e. The molecular formula is C12H18N6O2. The van der Waals surface area contributed by atoms with Crippen molar-refractivity contribution in [3.8, 4) is 0 Å². The summed E-state index contributed by atoms with van der Waals surface area (Å²) in [5.41, 5.74) is 0.657. The van der Waals surface area contributed by atoms with Gasteiger partial charge in [0.1, 0.15) is 5.82 Å². The van der Waals surface area contributed by atoms with Crippen molar-refractivity contribution >= 4 is 17.4 Å². The van der Waals surface area contributed by atoms with Gasteiger partial charge in [0, 0.05) is 39.0 Å². The first kappa shape index (κ1) is 14.2. The van der Waals surface area contributed by atoms with E-state index in [-0.39, 0.29) is 5.91 Å². The van der Waals surface area contributed by atoms with Crippen molar-refractivity contribution in [2.45, 2.75) is 13.3 Å². The van der Waals surface area contributed by atoms with E-state index >= 15 is 0 Å². The quantitative estimate of drug-likeness (QED) is 0.692. The van der Waals surface area contributed by atoms with Gasteiger partial charge < -0.3 is 15.4 Å². The summed E-state index contributed by atoms with van der Waals surface area (Å²) in [6.07, 6.45) is 3.83. The fourth-order valence-corrected chi connectivity index (χ4v) is 1.74. The van der Waals surface area contributed by atoms with Gasteiger partial charge >= 0.3 is 0 Å². The van der Waals surface area contributed by atoms with Gasteiger partial charge in [0.25, 0.3) is 0 Å². The van der Waals surface area contributed by atoms with Gasteiger partial charge in [-0.15, -0.1) is 10.2 Å². The van der Waals surface area contributed by atoms with Crippen molar-refractivity contribution in [3.05, 3.63) is 18.2 Å². The summed E-state index contributed by atoms with van der Waals surface area (Å²) >= 11 is 0. The number of methoxy groups -OCH3 is 1. The third kappa shape index (κ3) is 3.41. The van der Waals surface area contributed by atoms with Gasteiger partial charge in [-0.2, -0.15) is 0 Å². The number of rotatable bonds is 7. The molecule has 2 rings (SSSR count). The van der Waals surface area contributed by atoms with Crippen LogP contribution in [-0.4, -0.2) is 52.3 Å². The molecule has 0 aliphatic rings. The number of nitrogens with one attached hydrogen (secondary N) is 2. The van der Waals surface area contributed by atoms with E-state index in [2.05, 4.69) is 25.8 Å². The van der Waals surface area contributed by atoms with Gasteiger partial charge in [-0.25, -0.2) is 4.98 Å². The Hall–Kier alpha value is -2.22. The maximum Gasteiger partial charge on any atom is 0.221 e. The summed E-state index contributed by atoms with van der Waals surface area (Å²) in [5, 5.41) is 13.9. The summed E-state index contributed by atoms with van der Waals surface area (Å²) in [6.45, 7) is 3.38. The van der Waals surface area contributed by atoms with E-state index in [0.29, 0.717) is 37.6 Å². The second-order valence-electron chi connectivity index (χ2n) is 4.24. The van der Waals surface area contributed by atoms with Crippen LogP contribution in [0.2, 0.25) is 0 Å². The van der Waals surface area contributed by atoms with Crippen LogP contribution in [0.3, 0.4) is 0 Å². The first-order chi connectivity index (χ1) is 9.72. The third-order valence-corrected chi connectivity index (χ3v) is 2.77. The molecule has 8 nitrogen and oxygen atoms in total. The molecule has 0 bridgehead atoms. The zero-order chi connectivity index (χ0) is 14.4. The number of carbonyl (C=O) groups excluding carboxylic acids is 1. The predicted molar refractivity (Wildman–Crippen MR) is 73.5 cm³/mol. The van der Waals surface area contributed by atoms with Crippen molar-refractivity contribution in [3.63, 3.8) is 0 Å². The summed E-state index contributed by atoms with van der Waals surface area (Å²) in [5.74, 6) is 1.39. The highest BCUT2D eigenvalue weighted by atomic mass is 16.5. The van der Waals surface area contributed by atoms with Gasteiger partial charge in [0.2, 0.25) is 11.6 Å². The Morgan fingerprint density at radius 1 is 1.40 bits per heavy atom. The molecule has 2 aromatic rings. The highest BCUT2D eigenvalue weighted by molar-refractivity contribution is 5.76. The normalized spacial score (nSPS) is 10.7. The lowest BCUT2D eigenvalue weighted by molar-refractivity contribution is -0.121. The first-order valence-electron chi connectivity index (χ1n) is 6.38. The number of hydrogen-bond donors (Lipinski definition) is 2. The standard InChI is InChI=1S/C12H18N6O2/c1-9-16-17-12-11(15-5-7-18(9)12)14-4-3-10(19)13-6-8-20-2/h5,7H,3-4,6,8H2,1-2H3,(H,13,19)(H,14,15). The summed E-state index contributed by atoms with van der Waals surface area (Å²) in [6, 6.07) is 0. The van der Waals surface area contributed by atoms with E-state index in [4.69, 9.17) is 4.74 Å². The van der Waals surface area contributed by atoms with E-state index < -0.39 is 0 Å². The number of ether oxygens (including phenoxy) is 1. The second-order valence-corrected chi connectivity index (χ2v) is 4.24. The zero-order valence-electron chi connectivity index (χ0n) is 11.6. The first-order valence-corrected chi connectivity index (χ1v) is 6.38. The molecule has 0 saturated carbocycles. The molecule has 2 aromatic heterocycles. The molecule has 0 aliphatic carbocycles. The third-order valence-electron chi connectivity index (χ3n) is 2.77. The number of carbonyl (C=O) groups is 1. The Balaban J connectivity index is 1.85. The molecule has 0 aliphatic heterocycles. The number of anilines is 1. The van der Waals surface area contributed by atoms with Gasteiger partial charge in [-0.3, -0.25) is 9.20 Å². The maximum absolute atomic E-state index is 11.5. The SMILES string of the molecule is COCCNC(=O)CCNc1nccn2c(C)nnc12. The molecule has 108 valence electrons. The monoisotopic (exact) mass is 278 g/mol. The molecule has 8 heteroatoms. The van der Waals surface area contributed by atoms with Gasteiger partial charge in [0.05, 0.1) is 6.61 Å². The molecule has 20 heavy (non-hydrogen) atoms. The average Bonchev–Trinajstić information content (AvgIpc) is 2.82. The molecule has 0 unspecified atom stereocenters. The minimum absolute atomic E-state index is 0.0286. The smallest absolute Gasteiger partial charge is 0.221 e. The second kappa shape index (κ2) is 6.80. The molecule has 0 radical (unpaired) electrons. The van der Waals surface area contributed by atoms with Crippen LogP contribution in [0.1, 0.15) is 12.2 Å². The Morgan fingerprint density at radius 2 is 2.25 bits per heavy atom. The van der Waals surface area contributed by atoms with Gasteiger partial charge in [0.15, 0.2) is 5.82 Å². The minimum atomic E-state index is -0.0286. The van der Waals surface area contributed by atoms with E-state index in [0.717, 1.165) is 5.82 Å². The molecule has 0 atom stereocenters. The van der Waals surface area contributed by atoms with Crippen LogP contribution in [-0.2, 0) is 9.53 Å². The summed E-state index contributed by atoms with van der Waals surface area (Å²) in [4.78, 5) is 15.7. The Morgan fingerprint density at radius 3 is 3.05 bits per heavy atom. The highest BCUT2D eigenvalue weighted by Crippen LogP contribution is 2.11. The van der Waals surface area contributed by atoms with Crippen LogP contribution in [0.5, 0.6) is 0 Å². The van der Waals surface area contributed by atoms with Crippen LogP contribution in [0.15, 0.2) is 12.4 Å². The van der Waals surface area contributed by atoms with Crippen molar-refractivity contribution in [2.75, 3.05) is 32.1 Å². The van der Waals surface area contributed by atoms with Crippen molar-refractivity contribution in [2.24, 2.45) is 0 Å². The van der Waals surface area contributed by atoms with E-state index in [1.807, 2.05) is 11.3 Å². The fraction of sp³-hybridized carbons (Fsp3) is 0.500. The number of nitrogens with zero attached hydrogens (tertiary/aromatic N) is 4. The van der Waals surface area contributed by atoms with Crippen molar-refractivity contribution in [1.82, 2.24) is 24.9 Å². The minimum Gasteiger partial charge on any atom is -0.383 e. The number of aryl methyl sites for hydroxylation is 1. The lowest BCUT2D eigenvalue weighted by Gasteiger charge is -2.07. The maximum atomic E-state index is 11.5. The average molecular weight is 278 g/mol. The fourth-order valence-electron chi connectivity index (χ4n) is 1.74.